The standard InChI is InChI=1S/C12H24ClNS/c1-2-15-8-7-14-10-12-6-4-3-5-11(12)9-13/h11-12,14H,2-10H2,1H3. The molecule has 1 nitrogen and oxygen atoms in total. The van der Waals surface area contributed by atoms with Crippen LogP contribution in [-0.4, -0.2) is 30.5 Å². The van der Waals surface area contributed by atoms with Gasteiger partial charge in [0.25, 0.3) is 0 Å². The molecule has 1 aliphatic rings. The Morgan fingerprint density at radius 1 is 1.27 bits per heavy atom. The minimum atomic E-state index is 0.770. The second-order valence-electron chi connectivity index (χ2n) is 4.36. The zero-order valence-corrected chi connectivity index (χ0v) is 11.4. The lowest BCUT2D eigenvalue weighted by molar-refractivity contribution is 0.252. The van der Waals surface area contributed by atoms with Gasteiger partial charge in [-0.25, -0.2) is 0 Å². The minimum Gasteiger partial charge on any atom is -0.316 e. The molecule has 0 aromatic carbocycles. The van der Waals surface area contributed by atoms with Crippen molar-refractivity contribution >= 4 is 23.4 Å². The van der Waals surface area contributed by atoms with Crippen LogP contribution in [0.4, 0.5) is 0 Å². The number of alkyl halides is 1. The molecule has 2 atom stereocenters. The number of halogens is 1. The molecule has 0 bridgehead atoms. The smallest absolute Gasteiger partial charge is 0.0254 e. The van der Waals surface area contributed by atoms with E-state index in [4.69, 9.17) is 11.6 Å². The summed E-state index contributed by atoms with van der Waals surface area (Å²) >= 11 is 8.02. The van der Waals surface area contributed by atoms with E-state index in [9.17, 15) is 0 Å². The molecule has 3 heteroatoms. The monoisotopic (exact) mass is 249 g/mol. The third-order valence-electron chi connectivity index (χ3n) is 3.30. The van der Waals surface area contributed by atoms with Crippen molar-refractivity contribution in [2.45, 2.75) is 32.6 Å². The fourth-order valence-corrected chi connectivity index (χ4v) is 3.32. The van der Waals surface area contributed by atoms with Gasteiger partial charge in [-0.05, 0) is 37.0 Å². The van der Waals surface area contributed by atoms with Gasteiger partial charge >= 0.3 is 0 Å². The maximum Gasteiger partial charge on any atom is 0.0254 e. The molecule has 15 heavy (non-hydrogen) atoms. The van der Waals surface area contributed by atoms with Gasteiger partial charge in [0.2, 0.25) is 0 Å². The SMILES string of the molecule is CCSCCNCC1CCCCC1CCl. The predicted octanol–water partition coefficient (Wildman–Crippen LogP) is 3.37. The molecule has 0 heterocycles. The fourth-order valence-electron chi connectivity index (χ4n) is 2.33. The Bertz CT molecular complexity index is 155. The third kappa shape index (κ3) is 5.46. The third-order valence-corrected chi connectivity index (χ3v) is 4.60. The normalized spacial score (nSPS) is 26.8. The Hall–Kier alpha value is 0.600. The average molecular weight is 250 g/mol. The van der Waals surface area contributed by atoms with E-state index in [0.717, 1.165) is 24.3 Å². The molecule has 2 unspecified atom stereocenters. The Morgan fingerprint density at radius 2 is 2.00 bits per heavy atom. The van der Waals surface area contributed by atoms with Crippen LogP contribution in [0.1, 0.15) is 32.6 Å². The zero-order chi connectivity index (χ0) is 10.9. The van der Waals surface area contributed by atoms with Crippen LogP contribution in [0.3, 0.4) is 0 Å². The van der Waals surface area contributed by atoms with E-state index in [1.807, 2.05) is 11.8 Å². The molecular weight excluding hydrogens is 226 g/mol. The number of nitrogens with one attached hydrogen (secondary N) is 1. The highest BCUT2D eigenvalue weighted by atomic mass is 35.5. The lowest BCUT2D eigenvalue weighted by atomic mass is 9.80. The van der Waals surface area contributed by atoms with E-state index in [-0.39, 0.29) is 0 Å². The van der Waals surface area contributed by atoms with Gasteiger partial charge in [0.15, 0.2) is 0 Å². The lowest BCUT2D eigenvalue weighted by Crippen LogP contribution is -2.32. The Balaban J connectivity index is 2.07. The Kier molecular flexibility index (Phi) is 7.94. The highest BCUT2D eigenvalue weighted by Gasteiger charge is 2.23. The summed E-state index contributed by atoms with van der Waals surface area (Å²) in [7, 11) is 0. The number of hydrogen-bond donors (Lipinski definition) is 1. The molecule has 0 aromatic rings. The fraction of sp³-hybridized carbons (Fsp3) is 1.00. The van der Waals surface area contributed by atoms with Crippen molar-refractivity contribution in [3.05, 3.63) is 0 Å². The molecule has 90 valence electrons. The number of rotatable bonds is 7. The van der Waals surface area contributed by atoms with Crippen LogP contribution in [0.2, 0.25) is 0 Å². The Labute approximate surface area is 104 Å². The molecule has 0 aromatic heterocycles. The van der Waals surface area contributed by atoms with Crippen LogP contribution in [-0.2, 0) is 0 Å². The highest BCUT2D eigenvalue weighted by Crippen LogP contribution is 2.30. The van der Waals surface area contributed by atoms with Gasteiger partial charge in [-0.15, -0.1) is 11.6 Å². The van der Waals surface area contributed by atoms with Crippen molar-refractivity contribution in [1.82, 2.24) is 5.32 Å². The summed E-state index contributed by atoms with van der Waals surface area (Å²) in [6.45, 7) is 4.56. The lowest BCUT2D eigenvalue weighted by Gasteiger charge is -2.30. The van der Waals surface area contributed by atoms with E-state index in [1.165, 1.54) is 43.7 Å². The van der Waals surface area contributed by atoms with Crippen molar-refractivity contribution in [2.75, 3.05) is 30.5 Å². The van der Waals surface area contributed by atoms with Crippen molar-refractivity contribution < 1.29 is 0 Å². The first-order valence-electron chi connectivity index (χ1n) is 6.23. The van der Waals surface area contributed by atoms with Crippen LogP contribution in [0, 0.1) is 11.8 Å². The Morgan fingerprint density at radius 3 is 2.67 bits per heavy atom. The van der Waals surface area contributed by atoms with E-state index in [1.54, 1.807) is 0 Å². The van der Waals surface area contributed by atoms with Gasteiger partial charge in [-0.1, -0.05) is 19.8 Å². The van der Waals surface area contributed by atoms with Crippen molar-refractivity contribution in [3.8, 4) is 0 Å². The summed E-state index contributed by atoms with van der Waals surface area (Å²) in [5.41, 5.74) is 0. The quantitative estimate of drug-likeness (QED) is 0.549. The van der Waals surface area contributed by atoms with Crippen molar-refractivity contribution in [1.29, 1.82) is 0 Å². The van der Waals surface area contributed by atoms with E-state index in [2.05, 4.69) is 12.2 Å². The van der Waals surface area contributed by atoms with Crippen LogP contribution >= 0.6 is 23.4 Å². The summed E-state index contributed by atoms with van der Waals surface area (Å²) in [6, 6.07) is 0. The zero-order valence-electron chi connectivity index (χ0n) is 9.80. The molecule has 0 aliphatic heterocycles. The molecule has 1 rings (SSSR count). The molecule has 0 spiro atoms. The maximum absolute atomic E-state index is 6.01. The number of thioether (sulfide) groups is 1. The van der Waals surface area contributed by atoms with Gasteiger partial charge in [0.05, 0.1) is 0 Å². The summed E-state index contributed by atoms with van der Waals surface area (Å²) < 4.78 is 0. The first kappa shape index (κ1) is 13.7. The molecule has 1 fully saturated rings. The first-order valence-corrected chi connectivity index (χ1v) is 7.91. The van der Waals surface area contributed by atoms with Crippen LogP contribution in [0.25, 0.3) is 0 Å². The van der Waals surface area contributed by atoms with E-state index >= 15 is 0 Å². The van der Waals surface area contributed by atoms with Crippen LogP contribution in [0.5, 0.6) is 0 Å². The highest BCUT2D eigenvalue weighted by molar-refractivity contribution is 7.99. The van der Waals surface area contributed by atoms with Gasteiger partial charge in [-0.2, -0.15) is 11.8 Å². The van der Waals surface area contributed by atoms with Gasteiger partial charge in [0.1, 0.15) is 0 Å². The average Bonchev–Trinajstić information content (AvgIpc) is 2.29. The summed E-state index contributed by atoms with van der Waals surface area (Å²) in [5.74, 6) is 4.94. The molecular formula is C12H24ClNS. The largest absolute Gasteiger partial charge is 0.316 e. The van der Waals surface area contributed by atoms with E-state index < -0.39 is 0 Å². The van der Waals surface area contributed by atoms with Gasteiger partial charge in [-0.3, -0.25) is 0 Å². The van der Waals surface area contributed by atoms with E-state index in [0.29, 0.717) is 0 Å². The second-order valence-corrected chi connectivity index (χ2v) is 6.06. The predicted molar refractivity (Wildman–Crippen MR) is 72.0 cm³/mol. The van der Waals surface area contributed by atoms with Crippen molar-refractivity contribution in [2.24, 2.45) is 11.8 Å². The number of hydrogen-bond acceptors (Lipinski definition) is 2. The summed E-state index contributed by atoms with van der Waals surface area (Å²) in [5, 5.41) is 3.57. The van der Waals surface area contributed by atoms with Gasteiger partial charge in [0, 0.05) is 18.2 Å². The molecule has 0 amide bonds. The topological polar surface area (TPSA) is 12.0 Å². The van der Waals surface area contributed by atoms with Crippen molar-refractivity contribution in [3.63, 3.8) is 0 Å². The molecule has 1 saturated carbocycles. The summed E-state index contributed by atoms with van der Waals surface area (Å²) in [6.07, 6.45) is 5.52. The second kappa shape index (κ2) is 8.72. The maximum atomic E-state index is 6.01. The summed E-state index contributed by atoms with van der Waals surface area (Å²) in [4.78, 5) is 0. The molecule has 1 N–H and O–H groups in total. The van der Waals surface area contributed by atoms with Crippen LogP contribution in [0.15, 0.2) is 0 Å². The first-order chi connectivity index (χ1) is 7.38. The minimum absolute atomic E-state index is 0.770. The van der Waals surface area contributed by atoms with Gasteiger partial charge < -0.3 is 5.32 Å². The molecule has 0 radical (unpaired) electrons. The molecule has 1 aliphatic carbocycles. The van der Waals surface area contributed by atoms with Crippen LogP contribution < -0.4 is 5.32 Å². The molecule has 0 saturated heterocycles.